The van der Waals surface area contributed by atoms with Crippen LogP contribution < -0.4 is 5.73 Å². The second-order valence-corrected chi connectivity index (χ2v) is 22.0. The molecule has 0 amide bonds. The van der Waals surface area contributed by atoms with Crippen LogP contribution in [0.5, 0.6) is 0 Å². The van der Waals surface area contributed by atoms with Crippen molar-refractivity contribution in [3.63, 3.8) is 0 Å². The van der Waals surface area contributed by atoms with E-state index < -0.39 is 22.7 Å². The average molecular weight is 546 g/mol. The van der Waals surface area contributed by atoms with Crippen LogP contribution >= 0.6 is 39.1 Å². The molecule has 0 aromatic heterocycles. The Morgan fingerprint density at radius 2 is 1.31 bits per heavy atom. The molecule has 0 heterocycles. The van der Waals surface area contributed by atoms with Gasteiger partial charge in [0.15, 0.2) is 16.6 Å². The number of alkyl halides is 1. The Hall–Kier alpha value is 0.434. The van der Waals surface area contributed by atoms with E-state index in [0.29, 0.717) is 43.1 Å². The molecule has 0 spiro atoms. The molecule has 0 saturated heterocycles. The topological polar surface area (TPSA) is 55.5 Å². The lowest BCUT2D eigenvalue weighted by Gasteiger charge is -2.47. The van der Waals surface area contributed by atoms with Gasteiger partial charge < -0.3 is 15.0 Å². The molecule has 0 radical (unpaired) electrons. The number of anilines is 1. The zero-order valence-electron chi connectivity index (χ0n) is 19.7. The first-order chi connectivity index (χ1) is 12.8. The number of aliphatic hydroxyl groups is 1. The Morgan fingerprint density at radius 3 is 1.59 bits per heavy atom. The summed E-state index contributed by atoms with van der Waals surface area (Å²) in [5, 5.41) is 11.8. The van der Waals surface area contributed by atoms with Crippen molar-refractivity contribution < 1.29 is 9.22 Å². The summed E-state index contributed by atoms with van der Waals surface area (Å²) in [7, 11) is -3.18. The van der Waals surface area contributed by atoms with Crippen LogP contribution in [0.25, 0.3) is 0 Å². The molecule has 29 heavy (non-hydrogen) atoms. The molecule has 1 aromatic carbocycles. The van der Waals surface area contributed by atoms with E-state index in [0.717, 1.165) is 0 Å². The summed E-state index contributed by atoms with van der Waals surface area (Å²) in [6, 6.07) is 3.27. The van der Waals surface area contributed by atoms with E-state index >= 15 is 0 Å². The molecule has 0 saturated carbocycles. The van der Waals surface area contributed by atoms with Gasteiger partial charge in [0.25, 0.3) is 0 Å². The van der Waals surface area contributed by atoms with Gasteiger partial charge in [-0.25, -0.2) is 0 Å². The maximum atomic E-state index is 9.67. The first kappa shape index (κ1) is 29.4. The fraction of sp³-hybridized carbons (Fsp3) is 0.714. The van der Waals surface area contributed by atoms with Crippen LogP contribution in [0.2, 0.25) is 46.3 Å². The molecule has 1 rings (SSSR count). The van der Waals surface area contributed by atoms with Gasteiger partial charge in [-0.2, -0.15) is 0 Å². The smallest absolute Gasteiger partial charge is 0.178 e. The Labute approximate surface area is 199 Å². The van der Waals surface area contributed by atoms with Gasteiger partial charge in [-0.1, -0.05) is 80.7 Å². The van der Waals surface area contributed by atoms with E-state index in [1.165, 1.54) is 0 Å². The minimum Gasteiger partial charge on any atom is -0.455 e. The summed E-state index contributed by atoms with van der Waals surface area (Å²) in [6.07, 6.45) is 0.0429. The number of benzene rings is 1. The molecular weight excluding hydrogens is 505 g/mol. The molecular formula is C21H40BrCl2NO2Si2. The highest BCUT2D eigenvalue weighted by atomic mass is 79.9. The van der Waals surface area contributed by atoms with Gasteiger partial charge in [0.1, 0.15) is 0 Å². The van der Waals surface area contributed by atoms with Crippen LogP contribution in [0.3, 0.4) is 0 Å². The first-order valence-corrected chi connectivity index (χ1v) is 17.6. The molecule has 0 bridgehead atoms. The summed E-state index contributed by atoms with van der Waals surface area (Å²) in [6.45, 7) is 23.3. The molecule has 1 atom stereocenters. The van der Waals surface area contributed by atoms with Crippen molar-refractivity contribution in [2.24, 2.45) is 0 Å². The van der Waals surface area contributed by atoms with Gasteiger partial charge in [-0.15, -0.1) is 0 Å². The van der Waals surface area contributed by atoms with Crippen LogP contribution in [0.15, 0.2) is 12.1 Å². The summed E-state index contributed by atoms with van der Waals surface area (Å²) in [5.74, 6) is 0. The monoisotopic (exact) mass is 543 g/mol. The summed E-state index contributed by atoms with van der Waals surface area (Å²) in [4.78, 5) is 0. The molecule has 3 N–H and O–H groups in total. The van der Waals surface area contributed by atoms with Crippen molar-refractivity contribution in [2.75, 3.05) is 11.1 Å². The van der Waals surface area contributed by atoms with Gasteiger partial charge in [0.2, 0.25) is 0 Å². The summed E-state index contributed by atoms with van der Waals surface area (Å²) >= 11 is 14.9. The van der Waals surface area contributed by atoms with E-state index in [9.17, 15) is 5.11 Å². The molecule has 0 aliphatic heterocycles. The van der Waals surface area contributed by atoms with E-state index in [1.807, 2.05) is 0 Å². The fourth-order valence-corrected chi connectivity index (χ4v) is 10.5. The lowest BCUT2D eigenvalue weighted by atomic mass is 10.1. The minimum atomic E-state index is -1.59. The van der Waals surface area contributed by atoms with Gasteiger partial charge >= 0.3 is 0 Å². The van der Waals surface area contributed by atoms with Gasteiger partial charge in [-0.05, 0) is 60.4 Å². The lowest BCUT2D eigenvalue weighted by molar-refractivity contribution is 0.175. The highest BCUT2D eigenvalue weighted by Crippen LogP contribution is 2.44. The quantitative estimate of drug-likeness (QED) is 0.222. The molecule has 3 nitrogen and oxygen atoms in total. The second-order valence-electron chi connectivity index (χ2n) is 10.5. The van der Waals surface area contributed by atoms with Crippen LogP contribution in [-0.2, 0) is 4.12 Å². The number of hydrogen-bond donors (Lipinski definition) is 2. The largest absolute Gasteiger partial charge is 0.455 e. The van der Waals surface area contributed by atoms with Gasteiger partial charge in [-0.3, -0.25) is 0 Å². The van der Waals surface area contributed by atoms with Crippen LogP contribution in [0, 0.1) is 0 Å². The summed E-state index contributed by atoms with van der Waals surface area (Å²) in [5.41, 5.74) is 6.61. The summed E-state index contributed by atoms with van der Waals surface area (Å²) < 4.78 is 6.63. The zero-order valence-corrected chi connectivity index (χ0v) is 24.8. The Bertz CT molecular complexity index is 625. The van der Waals surface area contributed by atoms with Crippen molar-refractivity contribution in [1.82, 2.24) is 0 Å². The Morgan fingerprint density at radius 1 is 0.966 bits per heavy atom. The number of nitrogen functional groups attached to an aromatic ring is 1. The standard InChI is InChI=1S/C12H30OSi2.C9H10BrCl2NO/c1-11(2,3)14(7,8)13-15(9,10)12(4,5)6;10-2-1-8(14)5-3-6(11)9(13)7(12)4-5/h1-10H3;3-4,8,14H,1-2,13H2. The molecule has 0 aliphatic rings. The number of hydrogen-bond acceptors (Lipinski definition) is 3. The number of halogens is 3. The number of rotatable bonds is 5. The third kappa shape index (κ3) is 8.83. The molecule has 1 unspecified atom stereocenters. The van der Waals surface area contributed by atoms with Crippen molar-refractivity contribution in [1.29, 1.82) is 0 Å². The minimum absolute atomic E-state index is 0.322. The predicted molar refractivity (Wildman–Crippen MR) is 140 cm³/mol. The maximum absolute atomic E-state index is 9.67. The Balaban J connectivity index is 0.000000541. The lowest BCUT2D eigenvalue weighted by Crippen LogP contribution is -2.53. The molecule has 1 aromatic rings. The van der Waals surface area contributed by atoms with E-state index in [2.05, 4.69) is 83.7 Å². The fourth-order valence-electron chi connectivity index (χ4n) is 2.01. The van der Waals surface area contributed by atoms with Crippen LogP contribution in [0.1, 0.15) is 59.6 Å². The van der Waals surface area contributed by atoms with E-state index in [1.54, 1.807) is 12.1 Å². The maximum Gasteiger partial charge on any atom is 0.178 e. The second kappa shape index (κ2) is 10.8. The predicted octanol–water partition coefficient (Wildman–Crippen LogP) is 8.41. The van der Waals surface area contributed by atoms with Crippen molar-refractivity contribution >= 4 is 61.5 Å². The normalized spacial score (nSPS) is 14.3. The van der Waals surface area contributed by atoms with Crippen molar-refractivity contribution in [2.45, 2.75) is 90.3 Å². The molecule has 0 fully saturated rings. The third-order valence-electron chi connectivity index (χ3n) is 5.99. The van der Waals surface area contributed by atoms with Gasteiger partial charge in [0.05, 0.1) is 21.8 Å². The zero-order chi connectivity index (χ0) is 23.4. The van der Waals surface area contributed by atoms with Crippen LogP contribution in [-0.4, -0.2) is 27.1 Å². The number of nitrogens with two attached hydrogens (primary N) is 1. The number of aliphatic hydroxyl groups excluding tert-OH is 1. The average Bonchev–Trinajstić information content (AvgIpc) is 2.49. The molecule has 8 heteroatoms. The third-order valence-corrected chi connectivity index (χ3v) is 18.4. The molecule has 0 aliphatic carbocycles. The van der Waals surface area contributed by atoms with Crippen molar-refractivity contribution in [3.05, 3.63) is 27.7 Å². The SMILES string of the molecule is CC(C)(C)[Si](C)(C)O[Si](C)(C)C(C)(C)C.Nc1c(Cl)cc(C(O)CCBr)cc1Cl. The Kier molecular flexibility index (Phi) is 11.0. The highest BCUT2D eigenvalue weighted by molar-refractivity contribution is 9.09. The van der Waals surface area contributed by atoms with Crippen LogP contribution in [0.4, 0.5) is 5.69 Å². The van der Waals surface area contributed by atoms with E-state index in [4.69, 9.17) is 33.1 Å². The highest BCUT2D eigenvalue weighted by Gasteiger charge is 2.46. The van der Waals surface area contributed by atoms with Crippen molar-refractivity contribution in [3.8, 4) is 0 Å². The molecule has 170 valence electrons. The van der Waals surface area contributed by atoms with E-state index in [-0.39, 0.29) is 0 Å². The van der Waals surface area contributed by atoms with Gasteiger partial charge in [0, 0.05) is 5.33 Å². The first-order valence-electron chi connectivity index (χ1n) is 9.95.